The fourth-order valence-corrected chi connectivity index (χ4v) is 1.29. The first-order valence-corrected chi connectivity index (χ1v) is 5.63. The number of carbonyl (C=O) groups is 2. The van der Waals surface area contributed by atoms with Gasteiger partial charge in [0.15, 0.2) is 6.61 Å². The number of nitrogen functional groups attached to an aromatic ring is 1. The summed E-state index contributed by atoms with van der Waals surface area (Å²) >= 11 is 0. The van der Waals surface area contributed by atoms with E-state index < -0.39 is 30.0 Å². The fraction of sp³-hybridized carbons (Fsp3) is 0.385. The van der Waals surface area contributed by atoms with Gasteiger partial charge >= 0.3 is 11.9 Å². The van der Waals surface area contributed by atoms with Gasteiger partial charge in [-0.1, -0.05) is 0 Å². The largest absolute Gasteiger partial charge is 0.457 e. The molecular formula is C13H16FNO4. The van der Waals surface area contributed by atoms with Crippen molar-refractivity contribution in [2.75, 3.05) is 12.3 Å². The van der Waals surface area contributed by atoms with Crippen LogP contribution in [-0.2, 0) is 14.3 Å². The number of halogens is 1. The molecule has 2 N–H and O–H groups in total. The number of esters is 2. The standard InChI is InChI=1S/C13H16FNO4/c1-13(2,3)19-11(16)7-18-12(17)9-5-4-8(14)6-10(9)15/h4-6H,7,15H2,1-3H3. The molecule has 1 aromatic carbocycles. The zero-order valence-electron chi connectivity index (χ0n) is 11.0. The molecule has 0 amide bonds. The summed E-state index contributed by atoms with van der Waals surface area (Å²) in [5.41, 5.74) is 4.78. The maximum Gasteiger partial charge on any atom is 0.344 e. The van der Waals surface area contributed by atoms with Crippen LogP contribution in [0.25, 0.3) is 0 Å². The van der Waals surface area contributed by atoms with Crippen LogP contribution in [0.2, 0.25) is 0 Å². The minimum Gasteiger partial charge on any atom is -0.457 e. The first-order valence-electron chi connectivity index (χ1n) is 5.63. The molecule has 0 bridgehead atoms. The van der Waals surface area contributed by atoms with Crippen molar-refractivity contribution in [2.45, 2.75) is 26.4 Å². The van der Waals surface area contributed by atoms with Crippen LogP contribution in [-0.4, -0.2) is 24.1 Å². The van der Waals surface area contributed by atoms with Crippen LogP contribution in [0.1, 0.15) is 31.1 Å². The van der Waals surface area contributed by atoms with Gasteiger partial charge in [0.05, 0.1) is 5.56 Å². The third kappa shape index (κ3) is 4.95. The molecule has 0 fully saturated rings. The predicted octanol–water partition coefficient (Wildman–Crippen LogP) is 1.91. The van der Waals surface area contributed by atoms with Crippen LogP contribution >= 0.6 is 0 Å². The lowest BCUT2D eigenvalue weighted by atomic mass is 10.2. The molecule has 1 rings (SSSR count). The SMILES string of the molecule is CC(C)(C)OC(=O)COC(=O)c1ccc(F)cc1N. The second kappa shape index (κ2) is 5.69. The van der Waals surface area contributed by atoms with E-state index in [0.717, 1.165) is 12.1 Å². The molecule has 0 aromatic heterocycles. The van der Waals surface area contributed by atoms with Crippen LogP contribution in [0.15, 0.2) is 18.2 Å². The van der Waals surface area contributed by atoms with E-state index in [-0.39, 0.29) is 11.3 Å². The molecule has 1 aromatic rings. The van der Waals surface area contributed by atoms with Crippen molar-refractivity contribution in [3.8, 4) is 0 Å². The highest BCUT2D eigenvalue weighted by Crippen LogP contribution is 2.14. The van der Waals surface area contributed by atoms with Gasteiger partial charge in [0, 0.05) is 5.69 Å². The number of hydrogen-bond donors (Lipinski definition) is 1. The topological polar surface area (TPSA) is 78.6 Å². The molecule has 0 aliphatic rings. The average molecular weight is 269 g/mol. The van der Waals surface area contributed by atoms with Gasteiger partial charge < -0.3 is 15.2 Å². The van der Waals surface area contributed by atoms with E-state index in [9.17, 15) is 14.0 Å². The summed E-state index contributed by atoms with van der Waals surface area (Å²) in [6.45, 7) is 4.58. The highest BCUT2D eigenvalue weighted by molar-refractivity contribution is 5.95. The molecule has 0 aliphatic heterocycles. The number of benzene rings is 1. The third-order valence-electron chi connectivity index (χ3n) is 1.97. The number of rotatable bonds is 3. The van der Waals surface area contributed by atoms with E-state index in [2.05, 4.69) is 0 Å². The minimum atomic E-state index is -0.802. The van der Waals surface area contributed by atoms with Crippen molar-refractivity contribution in [1.82, 2.24) is 0 Å². The maximum atomic E-state index is 12.8. The Bertz CT molecular complexity index is 494. The fourth-order valence-electron chi connectivity index (χ4n) is 1.29. The van der Waals surface area contributed by atoms with Gasteiger partial charge in [-0.25, -0.2) is 14.0 Å². The summed E-state index contributed by atoms with van der Waals surface area (Å²) in [4.78, 5) is 23.0. The van der Waals surface area contributed by atoms with Gasteiger partial charge in [0.25, 0.3) is 0 Å². The quantitative estimate of drug-likeness (QED) is 0.669. The van der Waals surface area contributed by atoms with Crippen LogP contribution < -0.4 is 5.73 Å². The normalized spacial score (nSPS) is 10.9. The molecule has 0 radical (unpaired) electrons. The van der Waals surface area contributed by atoms with E-state index in [4.69, 9.17) is 15.2 Å². The molecule has 0 unspecified atom stereocenters. The molecule has 0 spiro atoms. The summed E-state index contributed by atoms with van der Waals surface area (Å²) in [5.74, 6) is -2.02. The van der Waals surface area contributed by atoms with Crippen molar-refractivity contribution in [3.63, 3.8) is 0 Å². The lowest BCUT2D eigenvalue weighted by Gasteiger charge is -2.19. The Hall–Kier alpha value is -2.11. The molecule has 0 aliphatic carbocycles. The van der Waals surface area contributed by atoms with Gasteiger partial charge in [-0.2, -0.15) is 0 Å². The highest BCUT2D eigenvalue weighted by atomic mass is 19.1. The molecular weight excluding hydrogens is 253 g/mol. The van der Waals surface area contributed by atoms with E-state index >= 15 is 0 Å². The Morgan fingerprint density at radius 1 is 1.32 bits per heavy atom. The smallest absolute Gasteiger partial charge is 0.344 e. The molecule has 6 heteroatoms. The number of anilines is 1. The zero-order valence-corrected chi connectivity index (χ0v) is 11.0. The van der Waals surface area contributed by atoms with Gasteiger partial charge in [-0.3, -0.25) is 0 Å². The Morgan fingerprint density at radius 2 is 1.95 bits per heavy atom. The van der Waals surface area contributed by atoms with Gasteiger partial charge in [0.1, 0.15) is 11.4 Å². The molecule has 19 heavy (non-hydrogen) atoms. The maximum absolute atomic E-state index is 12.8. The lowest BCUT2D eigenvalue weighted by molar-refractivity contribution is -0.158. The van der Waals surface area contributed by atoms with E-state index in [1.165, 1.54) is 6.07 Å². The lowest BCUT2D eigenvalue weighted by Crippen LogP contribution is -2.27. The average Bonchev–Trinajstić information content (AvgIpc) is 2.23. The molecule has 5 nitrogen and oxygen atoms in total. The highest BCUT2D eigenvalue weighted by Gasteiger charge is 2.19. The number of hydrogen-bond acceptors (Lipinski definition) is 5. The van der Waals surface area contributed by atoms with E-state index in [0.29, 0.717) is 0 Å². The number of nitrogens with two attached hydrogens (primary N) is 1. The monoisotopic (exact) mass is 269 g/mol. The zero-order chi connectivity index (χ0) is 14.6. The second-order valence-electron chi connectivity index (χ2n) is 4.89. The number of ether oxygens (including phenoxy) is 2. The summed E-state index contributed by atoms with van der Waals surface area (Å²) < 4.78 is 22.5. The van der Waals surface area contributed by atoms with Gasteiger partial charge in [0.2, 0.25) is 0 Å². The first-order chi connectivity index (χ1) is 8.69. The van der Waals surface area contributed by atoms with Gasteiger partial charge in [-0.15, -0.1) is 0 Å². The molecule has 0 atom stereocenters. The van der Waals surface area contributed by atoms with Crippen LogP contribution in [0.5, 0.6) is 0 Å². The summed E-state index contributed by atoms with van der Waals surface area (Å²) in [5, 5.41) is 0. The van der Waals surface area contributed by atoms with Crippen molar-refractivity contribution in [1.29, 1.82) is 0 Å². The molecule has 0 saturated carbocycles. The summed E-state index contributed by atoms with van der Waals surface area (Å²) in [7, 11) is 0. The van der Waals surface area contributed by atoms with Crippen molar-refractivity contribution in [2.24, 2.45) is 0 Å². The predicted molar refractivity (Wildman–Crippen MR) is 66.9 cm³/mol. The summed E-state index contributed by atoms with van der Waals surface area (Å²) in [6, 6.07) is 3.28. The van der Waals surface area contributed by atoms with Gasteiger partial charge in [-0.05, 0) is 39.0 Å². The Kier molecular flexibility index (Phi) is 4.47. The van der Waals surface area contributed by atoms with Crippen molar-refractivity contribution < 1.29 is 23.5 Å². The Balaban J connectivity index is 2.59. The number of carbonyl (C=O) groups excluding carboxylic acids is 2. The first kappa shape index (κ1) is 14.9. The second-order valence-corrected chi connectivity index (χ2v) is 4.89. The molecule has 0 saturated heterocycles. The Labute approximate surface area is 110 Å². The van der Waals surface area contributed by atoms with E-state index in [1.807, 2.05) is 0 Å². The van der Waals surface area contributed by atoms with Crippen LogP contribution in [0.3, 0.4) is 0 Å². The Morgan fingerprint density at radius 3 is 2.47 bits per heavy atom. The van der Waals surface area contributed by atoms with Crippen molar-refractivity contribution >= 4 is 17.6 Å². The van der Waals surface area contributed by atoms with E-state index in [1.54, 1.807) is 20.8 Å². The third-order valence-corrected chi connectivity index (χ3v) is 1.97. The molecule has 0 heterocycles. The molecule has 104 valence electrons. The van der Waals surface area contributed by atoms with Crippen molar-refractivity contribution in [3.05, 3.63) is 29.6 Å². The summed E-state index contributed by atoms with van der Waals surface area (Å²) in [6.07, 6.45) is 0. The minimum absolute atomic E-state index is 0.00459. The van der Waals surface area contributed by atoms with Crippen LogP contribution in [0, 0.1) is 5.82 Å². The van der Waals surface area contributed by atoms with Crippen LogP contribution in [0.4, 0.5) is 10.1 Å².